The van der Waals surface area contributed by atoms with Crippen LogP contribution >= 0.6 is 22.7 Å². The molecule has 1 amide bonds. The molecule has 1 saturated heterocycles. The van der Waals surface area contributed by atoms with Crippen molar-refractivity contribution < 1.29 is 4.79 Å². The van der Waals surface area contributed by atoms with Crippen molar-refractivity contribution in [2.45, 2.75) is 6.54 Å². The molecule has 0 unspecified atom stereocenters. The molecule has 3 heterocycles. The molecule has 1 aliphatic heterocycles. The van der Waals surface area contributed by atoms with E-state index < -0.39 is 0 Å². The first-order valence-electron chi connectivity index (χ1n) is 9.38. The number of aromatic nitrogens is 1. The Morgan fingerprint density at radius 3 is 2.64 bits per heavy atom. The fraction of sp³-hybridized carbons (Fsp3) is 0.400. The zero-order valence-electron chi connectivity index (χ0n) is 16.4. The van der Waals surface area contributed by atoms with Gasteiger partial charge in [-0.2, -0.15) is 0 Å². The Morgan fingerprint density at radius 1 is 1.18 bits per heavy atom. The van der Waals surface area contributed by atoms with E-state index in [1.165, 1.54) is 17.0 Å². The highest BCUT2D eigenvalue weighted by Crippen LogP contribution is 2.34. The lowest BCUT2D eigenvalue weighted by atomic mass is 10.1. The van der Waals surface area contributed by atoms with Crippen LogP contribution < -0.4 is 15.1 Å². The molecule has 6 nitrogen and oxygen atoms in total. The second-order valence-corrected chi connectivity index (χ2v) is 9.31. The molecule has 0 saturated carbocycles. The zero-order chi connectivity index (χ0) is 19.7. The van der Waals surface area contributed by atoms with Crippen LogP contribution in [0.3, 0.4) is 0 Å². The standard InChI is InChI=1S/C20H25N5OS2/c1-23(2)20-22-19-17(28-20)12-16(27-19)18(26)21-13-14-6-4-5-7-15(14)25-10-8-24(3)9-11-25/h4-7,12H,8-11,13H2,1-3H3,(H,21,26). The molecule has 28 heavy (non-hydrogen) atoms. The van der Waals surface area contributed by atoms with E-state index in [1.54, 1.807) is 11.3 Å². The van der Waals surface area contributed by atoms with Crippen molar-refractivity contribution in [3.05, 3.63) is 40.8 Å². The number of likely N-dealkylation sites (N-methyl/N-ethyl adjacent to an activating group) is 1. The lowest BCUT2D eigenvalue weighted by molar-refractivity contribution is 0.0955. The van der Waals surface area contributed by atoms with Crippen LogP contribution in [0.1, 0.15) is 15.2 Å². The minimum Gasteiger partial charge on any atom is -0.369 e. The third-order valence-electron chi connectivity index (χ3n) is 4.96. The summed E-state index contributed by atoms with van der Waals surface area (Å²) in [5.74, 6) is -0.0326. The number of piperazine rings is 1. The molecule has 1 aliphatic rings. The summed E-state index contributed by atoms with van der Waals surface area (Å²) in [6.45, 7) is 4.69. The first-order chi connectivity index (χ1) is 13.5. The summed E-state index contributed by atoms with van der Waals surface area (Å²) >= 11 is 3.07. The Labute approximate surface area is 173 Å². The number of hydrogen-bond donors (Lipinski definition) is 1. The quantitative estimate of drug-likeness (QED) is 0.694. The predicted molar refractivity (Wildman–Crippen MR) is 119 cm³/mol. The van der Waals surface area contributed by atoms with E-state index in [0.717, 1.165) is 51.3 Å². The van der Waals surface area contributed by atoms with Crippen molar-refractivity contribution in [3.8, 4) is 0 Å². The number of nitrogens with zero attached hydrogens (tertiary/aromatic N) is 4. The number of benzene rings is 1. The van der Waals surface area contributed by atoms with Crippen molar-refractivity contribution in [1.29, 1.82) is 0 Å². The second kappa shape index (κ2) is 8.06. The van der Waals surface area contributed by atoms with Crippen LogP contribution in [0.5, 0.6) is 0 Å². The number of fused-ring (bicyclic) bond motifs is 1. The van der Waals surface area contributed by atoms with Gasteiger partial charge in [-0.1, -0.05) is 29.5 Å². The van der Waals surface area contributed by atoms with Gasteiger partial charge in [0, 0.05) is 52.5 Å². The molecule has 8 heteroatoms. The van der Waals surface area contributed by atoms with Gasteiger partial charge < -0.3 is 20.0 Å². The Balaban J connectivity index is 1.44. The first kappa shape index (κ1) is 19.2. The van der Waals surface area contributed by atoms with E-state index in [0.29, 0.717) is 6.54 Å². The zero-order valence-corrected chi connectivity index (χ0v) is 18.1. The lowest BCUT2D eigenvalue weighted by Gasteiger charge is -2.35. The number of amides is 1. The Hall–Kier alpha value is -2.16. The molecule has 3 aromatic rings. The number of anilines is 2. The number of carbonyl (C=O) groups is 1. The predicted octanol–water partition coefficient (Wildman–Crippen LogP) is 3.11. The highest BCUT2D eigenvalue weighted by Gasteiger charge is 2.18. The fourth-order valence-electron chi connectivity index (χ4n) is 3.31. The summed E-state index contributed by atoms with van der Waals surface area (Å²) < 4.78 is 1.07. The molecule has 0 bridgehead atoms. The number of carbonyl (C=O) groups excluding carboxylic acids is 1. The molecule has 1 fully saturated rings. The second-order valence-electron chi connectivity index (χ2n) is 7.27. The Kier molecular flexibility index (Phi) is 5.52. The van der Waals surface area contributed by atoms with Crippen molar-refractivity contribution in [3.63, 3.8) is 0 Å². The maximum atomic E-state index is 12.7. The van der Waals surface area contributed by atoms with Gasteiger partial charge in [0.1, 0.15) is 4.83 Å². The number of rotatable bonds is 5. The van der Waals surface area contributed by atoms with Gasteiger partial charge in [-0.15, -0.1) is 11.3 Å². The summed E-state index contributed by atoms with van der Waals surface area (Å²) in [6, 6.07) is 10.3. The van der Waals surface area contributed by atoms with Gasteiger partial charge in [0.2, 0.25) is 0 Å². The van der Waals surface area contributed by atoms with Crippen molar-refractivity contribution in [2.75, 3.05) is 57.1 Å². The van der Waals surface area contributed by atoms with E-state index in [2.05, 4.69) is 45.3 Å². The van der Waals surface area contributed by atoms with Crippen molar-refractivity contribution in [2.24, 2.45) is 0 Å². The van der Waals surface area contributed by atoms with Gasteiger partial charge >= 0.3 is 0 Å². The number of hydrogen-bond acceptors (Lipinski definition) is 7. The van der Waals surface area contributed by atoms with Gasteiger partial charge in [-0.05, 0) is 24.7 Å². The normalized spacial score (nSPS) is 15.2. The maximum Gasteiger partial charge on any atom is 0.261 e. The monoisotopic (exact) mass is 415 g/mol. The summed E-state index contributed by atoms with van der Waals surface area (Å²) in [7, 11) is 6.12. The van der Waals surface area contributed by atoms with Crippen molar-refractivity contribution in [1.82, 2.24) is 15.2 Å². The number of para-hydroxylation sites is 1. The number of thiophene rings is 1. The third kappa shape index (κ3) is 3.99. The summed E-state index contributed by atoms with van der Waals surface area (Å²) in [5, 5.41) is 4.06. The minimum absolute atomic E-state index is 0.0326. The molecular formula is C20H25N5OS2. The average molecular weight is 416 g/mol. The van der Waals surface area contributed by atoms with Crippen LogP contribution in [0.2, 0.25) is 0 Å². The van der Waals surface area contributed by atoms with Gasteiger partial charge in [0.05, 0.1) is 9.58 Å². The largest absolute Gasteiger partial charge is 0.369 e. The molecule has 1 N–H and O–H groups in total. The lowest BCUT2D eigenvalue weighted by Crippen LogP contribution is -2.45. The van der Waals surface area contributed by atoms with Crippen LogP contribution in [-0.4, -0.2) is 63.1 Å². The number of nitrogens with one attached hydrogen (secondary N) is 1. The third-order valence-corrected chi connectivity index (χ3v) is 7.29. The number of thiazole rings is 1. The molecule has 4 rings (SSSR count). The molecule has 0 spiro atoms. The maximum absolute atomic E-state index is 12.7. The van der Waals surface area contributed by atoms with Gasteiger partial charge in [-0.25, -0.2) is 4.98 Å². The van der Waals surface area contributed by atoms with Crippen LogP contribution in [-0.2, 0) is 6.54 Å². The Morgan fingerprint density at radius 2 is 1.93 bits per heavy atom. The summed E-state index contributed by atoms with van der Waals surface area (Å²) in [4.78, 5) is 25.7. The molecule has 2 aromatic heterocycles. The Bertz CT molecular complexity index is 941. The van der Waals surface area contributed by atoms with E-state index in [9.17, 15) is 4.79 Å². The SMILES string of the molecule is CN1CCN(c2ccccc2CNC(=O)c2cc3sc(N(C)C)nc3s2)CC1. The van der Waals surface area contributed by atoms with Crippen LogP contribution in [0.25, 0.3) is 9.53 Å². The van der Waals surface area contributed by atoms with Crippen LogP contribution in [0, 0.1) is 0 Å². The smallest absolute Gasteiger partial charge is 0.261 e. The van der Waals surface area contributed by atoms with Crippen molar-refractivity contribution >= 4 is 48.9 Å². The summed E-state index contributed by atoms with van der Waals surface area (Å²) in [5.41, 5.74) is 2.38. The van der Waals surface area contributed by atoms with Gasteiger partial charge in [0.15, 0.2) is 5.13 Å². The van der Waals surface area contributed by atoms with Gasteiger partial charge in [-0.3, -0.25) is 4.79 Å². The highest BCUT2D eigenvalue weighted by atomic mass is 32.1. The average Bonchev–Trinajstić information content (AvgIpc) is 3.26. The summed E-state index contributed by atoms with van der Waals surface area (Å²) in [6.07, 6.45) is 0. The molecule has 1 aromatic carbocycles. The highest BCUT2D eigenvalue weighted by molar-refractivity contribution is 7.29. The van der Waals surface area contributed by atoms with E-state index in [1.807, 2.05) is 31.1 Å². The van der Waals surface area contributed by atoms with Crippen LogP contribution in [0.4, 0.5) is 10.8 Å². The first-order valence-corrected chi connectivity index (χ1v) is 11.0. The van der Waals surface area contributed by atoms with Crippen LogP contribution in [0.15, 0.2) is 30.3 Å². The van der Waals surface area contributed by atoms with E-state index in [-0.39, 0.29) is 5.91 Å². The molecule has 0 radical (unpaired) electrons. The molecule has 0 atom stereocenters. The molecular weight excluding hydrogens is 390 g/mol. The topological polar surface area (TPSA) is 51.7 Å². The van der Waals surface area contributed by atoms with E-state index in [4.69, 9.17) is 0 Å². The van der Waals surface area contributed by atoms with E-state index >= 15 is 0 Å². The molecule has 148 valence electrons. The fourth-order valence-corrected chi connectivity index (χ4v) is 5.36. The molecule has 0 aliphatic carbocycles. The van der Waals surface area contributed by atoms with Gasteiger partial charge in [0.25, 0.3) is 5.91 Å². The minimum atomic E-state index is -0.0326.